The Morgan fingerprint density at radius 3 is 2.93 bits per heavy atom. The molecule has 0 atom stereocenters. The molecule has 6 heteroatoms. The van der Waals surface area contributed by atoms with Crippen molar-refractivity contribution in [1.82, 2.24) is 5.32 Å². The van der Waals surface area contributed by atoms with Crippen LogP contribution >= 0.6 is 27.5 Å². The summed E-state index contributed by atoms with van der Waals surface area (Å²) in [6, 6.07) is 5.14. The lowest BCUT2D eigenvalue weighted by Crippen LogP contribution is -2.26. The van der Waals surface area contributed by atoms with Crippen LogP contribution in [0.15, 0.2) is 22.7 Å². The number of ether oxygens (including phenoxy) is 1. The van der Waals surface area contributed by atoms with Crippen LogP contribution in [0, 0.1) is 0 Å². The minimum absolute atomic E-state index is 0.246. The number of benzene rings is 1. The highest BCUT2D eigenvalue weighted by atomic mass is 79.9. The molecule has 0 aromatic heterocycles. The normalized spacial score (nSPS) is 9.73. The number of hydrogen-bond acceptors (Lipinski definition) is 2. The van der Waals surface area contributed by atoms with E-state index in [0.717, 1.165) is 4.47 Å². The van der Waals surface area contributed by atoms with Crippen LogP contribution in [0.25, 0.3) is 0 Å². The molecule has 0 fully saturated rings. The summed E-state index contributed by atoms with van der Waals surface area (Å²) in [5.41, 5.74) is 0. The zero-order valence-electron chi connectivity index (χ0n) is 7.67. The predicted molar refractivity (Wildman–Crippen MR) is 60.7 cm³/mol. The molecule has 0 aliphatic heterocycles. The van der Waals surface area contributed by atoms with Gasteiger partial charge in [0.05, 0.1) is 11.6 Å². The van der Waals surface area contributed by atoms with E-state index in [1.807, 2.05) is 0 Å². The third kappa shape index (κ3) is 4.40. The van der Waals surface area contributed by atoms with E-state index in [9.17, 15) is 4.79 Å². The zero-order valence-corrected chi connectivity index (χ0v) is 10.0. The molecule has 0 heterocycles. The lowest BCUT2D eigenvalue weighted by atomic mass is 10.3. The van der Waals surface area contributed by atoms with Gasteiger partial charge in [0.2, 0.25) is 0 Å². The Bertz CT molecular complexity index is 359. The molecule has 0 aliphatic carbocycles. The first-order chi connectivity index (χ1) is 7.09. The third-order valence-corrected chi connectivity index (χ3v) is 2.75. The van der Waals surface area contributed by atoms with Gasteiger partial charge in [-0.3, -0.25) is 0 Å². The average Bonchev–Trinajstić information content (AvgIpc) is 2.18. The van der Waals surface area contributed by atoms with Crippen molar-refractivity contribution in [3.8, 4) is 5.75 Å². The van der Waals surface area contributed by atoms with Gasteiger partial charge in [-0.15, -0.1) is 0 Å². The van der Waals surface area contributed by atoms with Crippen molar-refractivity contribution in [3.63, 3.8) is 0 Å². The van der Waals surface area contributed by atoms with Crippen LogP contribution in [0.1, 0.15) is 0 Å². The molecule has 0 saturated carbocycles. The van der Waals surface area contributed by atoms with Crippen LogP contribution in [-0.2, 0) is 0 Å². The largest absolute Gasteiger partial charge is 0.492 e. The molecule has 15 heavy (non-hydrogen) atoms. The van der Waals surface area contributed by atoms with Crippen molar-refractivity contribution >= 4 is 33.6 Å². The highest BCUT2D eigenvalue weighted by Crippen LogP contribution is 2.26. The van der Waals surface area contributed by atoms with Crippen LogP contribution in [0.5, 0.6) is 5.75 Å². The Balaban J connectivity index is 2.38. The maximum Gasteiger partial charge on any atom is 0.404 e. The van der Waals surface area contributed by atoms with E-state index in [1.165, 1.54) is 0 Å². The fraction of sp³-hybridized carbons (Fsp3) is 0.222. The maximum absolute atomic E-state index is 10.1. The summed E-state index contributed by atoms with van der Waals surface area (Å²) in [5.74, 6) is 0.637. The fourth-order valence-electron chi connectivity index (χ4n) is 0.893. The standard InChI is InChI=1S/C9H9BrClNO3/c10-7-5-6(1-2-8(7)11)15-4-3-12-9(13)14/h1-2,5,12H,3-4H2,(H,13,14). The summed E-state index contributed by atoms with van der Waals surface area (Å²) in [5, 5.41) is 11.1. The predicted octanol–water partition coefficient (Wildman–Crippen LogP) is 2.75. The molecule has 1 rings (SSSR count). The average molecular weight is 295 g/mol. The number of rotatable bonds is 4. The fourth-order valence-corrected chi connectivity index (χ4v) is 1.37. The van der Waals surface area contributed by atoms with Gasteiger partial charge in [0.25, 0.3) is 0 Å². The molecule has 0 aliphatic rings. The Morgan fingerprint density at radius 1 is 1.60 bits per heavy atom. The number of amides is 1. The first-order valence-corrected chi connectivity index (χ1v) is 5.31. The van der Waals surface area contributed by atoms with Crippen molar-refractivity contribution in [1.29, 1.82) is 0 Å². The molecular formula is C9H9BrClNO3. The van der Waals surface area contributed by atoms with Crippen molar-refractivity contribution in [2.75, 3.05) is 13.2 Å². The van der Waals surface area contributed by atoms with Gasteiger partial charge in [-0.2, -0.15) is 0 Å². The molecule has 82 valence electrons. The molecule has 4 nitrogen and oxygen atoms in total. The topological polar surface area (TPSA) is 58.6 Å². The number of carbonyl (C=O) groups is 1. The Morgan fingerprint density at radius 2 is 2.33 bits per heavy atom. The first kappa shape index (κ1) is 12.1. The lowest BCUT2D eigenvalue weighted by molar-refractivity contribution is 0.191. The van der Waals surface area contributed by atoms with E-state index in [2.05, 4.69) is 21.2 Å². The summed E-state index contributed by atoms with van der Waals surface area (Å²) in [6.07, 6.45) is -1.06. The quantitative estimate of drug-likeness (QED) is 0.840. The third-order valence-electron chi connectivity index (χ3n) is 1.54. The SMILES string of the molecule is O=C(O)NCCOc1ccc(Cl)c(Br)c1. The first-order valence-electron chi connectivity index (χ1n) is 4.14. The molecular weight excluding hydrogens is 285 g/mol. The van der Waals surface area contributed by atoms with Crippen molar-refractivity contribution < 1.29 is 14.6 Å². The molecule has 0 radical (unpaired) electrons. The van der Waals surface area contributed by atoms with Gasteiger partial charge in [-0.1, -0.05) is 11.6 Å². The van der Waals surface area contributed by atoms with E-state index >= 15 is 0 Å². The summed E-state index contributed by atoms with van der Waals surface area (Å²) >= 11 is 9.05. The molecule has 1 amide bonds. The Hall–Kier alpha value is -0.940. The molecule has 1 aromatic carbocycles. The monoisotopic (exact) mass is 293 g/mol. The Labute approximate surface area is 100 Å². The van der Waals surface area contributed by atoms with Crippen molar-refractivity contribution in [2.24, 2.45) is 0 Å². The van der Waals surface area contributed by atoms with Gasteiger partial charge in [-0.25, -0.2) is 4.79 Å². The smallest absolute Gasteiger partial charge is 0.404 e. The van der Waals surface area contributed by atoms with Gasteiger partial charge in [0.15, 0.2) is 0 Å². The van der Waals surface area contributed by atoms with Crippen LogP contribution in [0.4, 0.5) is 4.79 Å². The molecule has 0 spiro atoms. The second kappa shape index (κ2) is 5.82. The van der Waals surface area contributed by atoms with E-state index in [1.54, 1.807) is 18.2 Å². The van der Waals surface area contributed by atoms with E-state index < -0.39 is 6.09 Å². The second-order valence-electron chi connectivity index (χ2n) is 2.66. The molecule has 0 unspecified atom stereocenters. The highest BCUT2D eigenvalue weighted by molar-refractivity contribution is 9.10. The van der Waals surface area contributed by atoms with Gasteiger partial charge in [0, 0.05) is 4.47 Å². The molecule has 1 aromatic rings. The minimum atomic E-state index is -1.06. The molecule has 0 saturated heterocycles. The Kier molecular flexibility index (Phi) is 4.71. The second-order valence-corrected chi connectivity index (χ2v) is 3.92. The van der Waals surface area contributed by atoms with Gasteiger partial charge in [-0.05, 0) is 34.1 Å². The number of carboxylic acid groups (broad SMARTS) is 1. The van der Waals surface area contributed by atoms with Crippen LogP contribution in [-0.4, -0.2) is 24.4 Å². The van der Waals surface area contributed by atoms with Gasteiger partial charge >= 0.3 is 6.09 Å². The lowest BCUT2D eigenvalue weighted by Gasteiger charge is -2.06. The van der Waals surface area contributed by atoms with Crippen LogP contribution in [0.2, 0.25) is 5.02 Å². The number of nitrogens with one attached hydrogen (secondary N) is 1. The van der Waals surface area contributed by atoms with Crippen molar-refractivity contribution in [2.45, 2.75) is 0 Å². The molecule has 0 bridgehead atoms. The van der Waals surface area contributed by atoms with Crippen LogP contribution in [0.3, 0.4) is 0 Å². The zero-order chi connectivity index (χ0) is 11.3. The minimum Gasteiger partial charge on any atom is -0.492 e. The molecule has 2 N–H and O–H groups in total. The number of halogens is 2. The summed E-state index contributed by atoms with van der Waals surface area (Å²) < 4.78 is 6.02. The van der Waals surface area contributed by atoms with Crippen molar-refractivity contribution in [3.05, 3.63) is 27.7 Å². The summed E-state index contributed by atoms with van der Waals surface area (Å²) in [6.45, 7) is 0.524. The van der Waals surface area contributed by atoms with Gasteiger partial charge in [0.1, 0.15) is 12.4 Å². The maximum atomic E-state index is 10.1. The van der Waals surface area contributed by atoms with E-state index in [0.29, 0.717) is 10.8 Å². The van der Waals surface area contributed by atoms with Gasteiger partial charge < -0.3 is 15.2 Å². The highest BCUT2D eigenvalue weighted by Gasteiger charge is 2.00. The van der Waals surface area contributed by atoms with E-state index in [-0.39, 0.29) is 13.2 Å². The van der Waals surface area contributed by atoms with Crippen LogP contribution < -0.4 is 10.1 Å². The summed E-state index contributed by atoms with van der Waals surface area (Å²) in [4.78, 5) is 10.1. The summed E-state index contributed by atoms with van der Waals surface area (Å²) in [7, 11) is 0. The number of hydrogen-bond donors (Lipinski definition) is 2. The van der Waals surface area contributed by atoms with E-state index in [4.69, 9.17) is 21.4 Å².